The van der Waals surface area contributed by atoms with Crippen molar-refractivity contribution in [3.05, 3.63) is 65.2 Å². The highest BCUT2D eigenvalue weighted by atomic mass is 16.5. The minimum atomic E-state index is -0.136. The SMILES string of the molecule is CCC1(CC)COC(/C(=N/c2c(C(C)C)cccc2C(C)C)c2ccccc2)=N1. The minimum absolute atomic E-state index is 0.136. The fourth-order valence-electron chi connectivity index (χ4n) is 3.80. The van der Waals surface area contributed by atoms with Gasteiger partial charge in [-0.05, 0) is 35.8 Å². The predicted molar refractivity (Wildman–Crippen MR) is 124 cm³/mol. The van der Waals surface area contributed by atoms with Crippen molar-refractivity contribution < 1.29 is 4.74 Å². The second kappa shape index (κ2) is 8.94. The van der Waals surface area contributed by atoms with Crippen LogP contribution in [-0.2, 0) is 4.74 Å². The Kier molecular flexibility index (Phi) is 6.56. The van der Waals surface area contributed by atoms with Crippen molar-refractivity contribution in [3.8, 4) is 0 Å². The summed E-state index contributed by atoms with van der Waals surface area (Å²) in [7, 11) is 0. The van der Waals surface area contributed by atoms with E-state index in [2.05, 4.69) is 71.9 Å². The van der Waals surface area contributed by atoms with Crippen LogP contribution >= 0.6 is 0 Å². The summed E-state index contributed by atoms with van der Waals surface area (Å²) in [6, 6.07) is 16.8. The quantitative estimate of drug-likeness (QED) is 0.467. The van der Waals surface area contributed by atoms with Crippen molar-refractivity contribution in [2.24, 2.45) is 9.98 Å². The number of hydrogen-bond donors (Lipinski definition) is 0. The topological polar surface area (TPSA) is 34.0 Å². The zero-order chi connectivity index (χ0) is 21.0. The van der Waals surface area contributed by atoms with Gasteiger partial charge in [0.25, 0.3) is 0 Å². The zero-order valence-corrected chi connectivity index (χ0v) is 18.7. The largest absolute Gasteiger partial charge is 0.474 e. The van der Waals surface area contributed by atoms with Crippen LogP contribution in [0.25, 0.3) is 0 Å². The van der Waals surface area contributed by atoms with E-state index in [4.69, 9.17) is 14.7 Å². The summed E-state index contributed by atoms with van der Waals surface area (Å²) in [6.45, 7) is 13.9. The first-order chi connectivity index (χ1) is 13.9. The van der Waals surface area contributed by atoms with Gasteiger partial charge in [-0.2, -0.15) is 0 Å². The molecule has 1 aliphatic rings. The van der Waals surface area contributed by atoms with Gasteiger partial charge in [0.2, 0.25) is 5.90 Å². The maximum atomic E-state index is 6.16. The summed E-state index contributed by atoms with van der Waals surface area (Å²) < 4.78 is 6.16. The van der Waals surface area contributed by atoms with Gasteiger partial charge in [0.15, 0.2) is 0 Å². The van der Waals surface area contributed by atoms with Gasteiger partial charge in [-0.25, -0.2) is 9.98 Å². The molecule has 0 bridgehead atoms. The van der Waals surface area contributed by atoms with Crippen molar-refractivity contribution in [3.63, 3.8) is 0 Å². The van der Waals surface area contributed by atoms with Crippen LogP contribution in [0.5, 0.6) is 0 Å². The molecule has 0 atom stereocenters. The Labute approximate surface area is 175 Å². The van der Waals surface area contributed by atoms with Gasteiger partial charge in [-0.3, -0.25) is 0 Å². The van der Waals surface area contributed by atoms with Crippen molar-refractivity contribution in [1.29, 1.82) is 0 Å². The summed E-state index contributed by atoms with van der Waals surface area (Å²) >= 11 is 0. The predicted octanol–water partition coefficient (Wildman–Crippen LogP) is 7.04. The third-order valence-electron chi connectivity index (χ3n) is 5.95. The maximum Gasteiger partial charge on any atom is 0.236 e. The Morgan fingerprint density at radius 3 is 2.00 bits per heavy atom. The second-order valence-corrected chi connectivity index (χ2v) is 8.56. The van der Waals surface area contributed by atoms with Crippen LogP contribution in [0.3, 0.4) is 0 Å². The van der Waals surface area contributed by atoms with Crippen LogP contribution in [0.2, 0.25) is 0 Å². The minimum Gasteiger partial charge on any atom is -0.474 e. The molecule has 3 heteroatoms. The molecule has 0 fully saturated rings. The standard InChI is InChI=1S/C26H34N2O/c1-7-26(8-2)17-29-25(28-26)23(20-13-10-9-11-14-20)27-24-21(18(3)4)15-12-16-22(24)19(5)6/h9-16,18-19H,7-8,17H2,1-6H3/b27-23+. The Morgan fingerprint density at radius 2 is 1.52 bits per heavy atom. The van der Waals surface area contributed by atoms with Gasteiger partial charge in [-0.1, -0.05) is 90.1 Å². The number of benzene rings is 2. The lowest BCUT2D eigenvalue weighted by atomic mass is 9.92. The summed E-state index contributed by atoms with van der Waals surface area (Å²) in [5.41, 5.74) is 5.34. The first-order valence-electron chi connectivity index (χ1n) is 10.9. The average molecular weight is 391 g/mol. The Morgan fingerprint density at radius 1 is 0.931 bits per heavy atom. The Balaban J connectivity index is 2.23. The van der Waals surface area contributed by atoms with Crippen LogP contribution in [0, 0.1) is 0 Å². The molecule has 0 saturated heterocycles. The monoisotopic (exact) mass is 390 g/mol. The molecule has 0 unspecified atom stereocenters. The summed E-state index contributed by atoms with van der Waals surface area (Å²) in [5.74, 6) is 1.45. The van der Waals surface area contributed by atoms with Crippen LogP contribution in [0.4, 0.5) is 5.69 Å². The second-order valence-electron chi connectivity index (χ2n) is 8.56. The fourth-order valence-corrected chi connectivity index (χ4v) is 3.80. The molecule has 2 aromatic rings. The number of ether oxygens (including phenoxy) is 1. The van der Waals surface area contributed by atoms with Crippen LogP contribution in [0.15, 0.2) is 58.5 Å². The van der Waals surface area contributed by atoms with E-state index >= 15 is 0 Å². The molecule has 0 spiro atoms. The number of para-hydroxylation sites is 1. The molecular formula is C26H34N2O. The first-order valence-corrected chi connectivity index (χ1v) is 10.9. The fraction of sp³-hybridized carbons (Fsp3) is 0.462. The molecule has 0 radical (unpaired) electrons. The molecule has 154 valence electrons. The lowest BCUT2D eigenvalue weighted by Gasteiger charge is -2.18. The normalized spacial score (nSPS) is 16.3. The Bertz CT molecular complexity index is 864. The highest BCUT2D eigenvalue weighted by Crippen LogP contribution is 2.36. The molecule has 0 aromatic heterocycles. The van der Waals surface area contributed by atoms with Crippen LogP contribution in [0.1, 0.15) is 82.9 Å². The van der Waals surface area contributed by atoms with E-state index < -0.39 is 0 Å². The number of nitrogens with zero attached hydrogens (tertiary/aromatic N) is 2. The van der Waals surface area contributed by atoms with E-state index in [9.17, 15) is 0 Å². The number of rotatable bonds is 7. The zero-order valence-electron chi connectivity index (χ0n) is 18.7. The lowest BCUT2D eigenvalue weighted by Crippen LogP contribution is -2.25. The Hall–Kier alpha value is -2.42. The van der Waals surface area contributed by atoms with E-state index in [1.54, 1.807) is 0 Å². The molecule has 0 saturated carbocycles. The van der Waals surface area contributed by atoms with Gasteiger partial charge in [0.05, 0.1) is 11.2 Å². The molecule has 29 heavy (non-hydrogen) atoms. The summed E-state index contributed by atoms with van der Waals surface area (Å²) in [6.07, 6.45) is 1.93. The summed E-state index contributed by atoms with van der Waals surface area (Å²) in [4.78, 5) is 10.3. The third-order valence-corrected chi connectivity index (χ3v) is 5.95. The van der Waals surface area contributed by atoms with E-state index in [1.807, 2.05) is 18.2 Å². The molecule has 0 N–H and O–H groups in total. The third kappa shape index (κ3) is 4.44. The molecule has 0 aliphatic carbocycles. The van der Waals surface area contributed by atoms with Crippen molar-refractivity contribution in [2.75, 3.05) is 6.61 Å². The molecule has 3 rings (SSSR count). The summed E-state index contributed by atoms with van der Waals surface area (Å²) in [5, 5.41) is 0. The molecule has 0 amide bonds. The average Bonchev–Trinajstić information content (AvgIpc) is 3.17. The van der Waals surface area contributed by atoms with E-state index in [0.717, 1.165) is 29.8 Å². The van der Waals surface area contributed by atoms with Gasteiger partial charge >= 0.3 is 0 Å². The van der Waals surface area contributed by atoms with Crippen molar-refractivity contribution in [2.45, 2.75) is 71.8 Å². The molecule has 1 aliphatic heterocycles. The highest BCUT2D eigenvalue weighted by molar-refractivity contribution is 6.46. The van der Waals surface area contributed by atoms with E-state index in [1.165, 1.54) is 11.1 Å². The van der Waals surface area contributed by atoms with Crippen LogP contribution < -0.4 is 0 Å². The molecule has 3 nitrogen and oxygen atoms in total. The first kappa shape index (κ1) is 21.3. The van der Waals surface area contributed by atoms with E-state index in [-0.39, 0.29) is 5.54 Å². The van der Waals surface area contributed by atoms with Crippen LogP contribution in [-0.4, -0.2) is 23.8 Å². The number of aliphatic imine (C=N–C) groups is 2. The molecule has 2 aromatic carbocycles. The highest BCUT2D eigenvalue weighted by Gasteiger charge is 2.35. The number of hydrogen-bond acceptors (Lipinski definition) is 3. The lowest BCUT2D eigenvalue weighted by molar-refractivity contribution is 0.246. The van der Waals surface area contributed by atoms with Gasteiger partial charge in [-0.15, -0.1) is 0 Å². The van der Waals surface area contributed by atoms with Gasteiger partial charge in [0, 0.05) is 5.56 Å². The van der Waals surface area contributed by atoms with E-state index in [0.29, 0.717) is 24.3 Å². The van der Waals surface area contributed by atoms with Crippen molar-refractivity contribution in [1.82, 2.24) is 0 Å². The maximum absolute atomic E-state index is 6.16. The smallest absolute Gasteiger partial charge is 0.236 e. The molecule has 1 heterocycles. The van der Waals surface area contributed by atoms with Gasteiger partial charge in [0.1, 0.15) is 12.3 Å². The molecular weight excluding hydrogens is 356 g/mol. The van der Waals surface area contributed by atoms with Gasteiger partial charge < -0.3 is 4.74 Å². The van der Waals surface area contributed by atoms with Crippen molar-refractivity contribution >= 4 is 17.3 Å².